The summed E-state index contributed by atoms with van der Waals surface area (Å²) in [4.78, 5) is 7.97. The third kappa shape index (κ3) is 1.68. The fourth-order valence-electron chi connectivity index (χ4n) is 1.89. The summed E-state index contributed by atoms with van der Waals surface area (Å²) in [5.41, 5.74) is 0.374. The van der Waals surface area contributed by atoms with Crippen molar-refractivity contribution in [2.75, 3.05) is 0 Å². The summed E-state index contributed by atoms with van der Waals surface area (Å²) in [5, 5.41) is 1.14. The van der Waals surface area contributed by atoms with Gasteiger partial charge in [-0.05, 0) is 12.1 Å². The standard InChI is InChI=1S/C13H7F3N2/c14-13(15,16)8-5-10-9-3-1-2-4-11(9)18-7-12(10)17-6-8/h1-7H. The smallest absolute Gasteiger partial charge is 0.254 e. The van der Waals surface area contributed by atoms with Gasteiger partial charge < -0.3 is 0 Å². The van der Waals surface area contributed by atoms with Crippen molar-refractivity contribution in [3.8, 4) is 0 Å². The van der Waals surface area contributed by atoms with Crippen LogP contribution in [0.3, 0.4) is 0 Å². The predicted molar refractivity (Wildman–Crippen MR) is 62.0 cm³/mol. The van der Waals surface area contributed by atoms with E-state index in [4.69, 9.17) is 0 Å². The molecule has 2 nitrogen and oxygen atoms in total. The van der Waals surface area contributed by atoms with Crippen LogP contribution in [0.4, 0.5) is 13.2 Å². The summed E-state index contributed by atoms with van der Waals surface area (Å²) in [6.45, 7) is 0. The molecule has 3 rings (SSSR count). The van der Waals surface area contributed by atoms with Crippen LogP contribution in [-0.2, 0) is 6.18 Å². The highest BCUT2D eigenvalue weighted by Gasteiger charge is 2.31. The Morgan fingerprint density at radius 1 is 0.833 bits per heavy atom. The summed E-state index contributed by atoms with van der Waals surface area (Å²) in [6, 6.07) is 8.18. The van der Waals surface area contributed by atoms with Gasteiger partial charge in [-0.1, -0.05) is 18.2 Å². The first-order valence-corrected chi connectivity index (χ1v) is 5.26. The first kappa shape index (κ1) is 11.0. The molecular formula is C13H7F3N2. The zero-order chi connectivity index (χ0) is 12.8. The van der Waals surface area contributed by atoms with Crippen LogP contribution in [0.25, 0.3) is 21.8 Å². The third-order valence-electron chi connectivity index (χ3n) is 2.77. The molecule has 0 radical (unpaired) electrons. The predicted octanol–water partition coefficient (Wildman–Crippen LogP) is 3.80. The van der Waals surface area contributed by atoms with Crippen molar-refractivity contribution in [1.29, 1.82) is 0 Å². The Morgan fingerprint density at radius 2 is 1.56 bits per heavy atom. The van der Waals surface area contributed by atoms with Gasteiger partial charge >= 0.3 is 6.18 Å². The lowest BCUT2D eigenvalue weighted by Gasteiger charge is -2.08. The van der Waals surface area contributed by atoms with Gasteiger partial charge in [0.1, 0.15) is 0 Å². The molecule has 0 aliphatic heterocycles. The Hall–Kier alpha value is -2.17. The topological polar surface area (TPSA) is 25.8 Å². The number of hydrogen-bond donors (Lipinski definition) is 0. The summed E-state index contributed by atoms with van der Waals surface area (Å²) < 4.78 is 38.0. The lowest BCUT2D eigenvalue weighted by atomic mass is 10.1. The van der Waals surface area contributed by atoms with Crippen molar-refractivity contribution in [2.24, 2.45) is 0 Å². The van der Waals surface area contributed by atoms with Crippen LogP contribution < -0.4 is 0 Å². The molecule has 0 saturated carbocycles. The van der Waals surface area contributed by atoms with Crippen LogP contribution in [0, 0.1) is 0 Å². The molecule has 0 spiro atoms. The van der Waals surface area contributed by atoms with Gasteiger partial charge in [-0.3, -0.25) is 9.97 Å². The van der Waals surface area contributed by atoms with Gasteiger partial charge in [0.05, 0.1) is 22.8 Å². The molecule has 0 unspecified atom stereocenters. The van der Waals surface area contributed by atoms with Crippen LogP contribution in [0.1, 0.15) is 5.56 Å². The lowest BCUT2D eigenvalue weighted by Crippen LogP contribution is -2.05. The molecule has 2 aromatic heterocycles. The van der Waals surface area contributed by atoms with Crippen molar-refractivity contribution in [2.45, 2.75) is 6.18 Å². The Bertz CT molecular complexity index is 735. The Balaban J connectivity index is 2.40. The maximum atomic E-state index is 12.7. The normalized spacial score (nSPS) is 12.2. The molecule has 0 aliphatic rings. The summed E-state index contributed by atoms with van der Waals surface area (Å²) >= 11 is 0. The van der Waals surface area contributed by atoms with E-state index in [-0.39, 0.29) is 0 Å². The van der Waals surface area contributed by atoms with E-state index >= 15 is 0 Å². The van der Waals surface area contributed by atoms with Gasteiger partial charge in [0, 0.05) is 17.0 Å². The number of para-hydroxylation sites is 1. The highest BCUT2D eigenvalue weighted by molar-refractivity contribution is 6.03. The molecule has 0 saturated heterocycles. The molecular weight excluding hydrogens is 241 g/mol. The zero-order valence-corrected chi connectivity index (χ0v) is 9.07. The summed E-state index contributed by atoms with van der Waals surface area (Å²) in [7, 11) is 0. The van der Waals surface area contributed by atoms with Crippen LogP contribution in [-0.4, -0.2) is 9.97 Å². The number of benzene rings is 1. The van der Waals surface area contributed by atoms with Gasteiger partial charge in [0.2, 0.25) is 0 Å². The van der Waals surface area contributed by atoms with Gasteiger partial charge in [-0.2, -0.15) is 13.2 Å². The molecule has 2 heterocycles. The average molecular weight is 248 g/mol. The Morgan fingerprint density at radius 3 is 2.33 bits per heavy atom. The minimum atomic E-state index is -4.38. The van der Waals surface area contributed by atoms with E-state index in [2.05, 4.69) is 9.97 Å². The highest BCUT2D eigenvalue weighted by atomic mass is 19.4. The minimum absolute atomic E-state index is 0.460. The molecule has 0 amide bonds. The van der Waals surface area contributed by atoms with E-state index in [1.807, 2.05) is 0 Å². The molecule has 0 aliphatic carbocycles. The molecule has 5 heteroatoms. The molecule has 0 atom stereocenters. The van der Waals surface area contributed by atoms with Crippen molar-refractivity contribution in [3.63, 3.8) is 0 Å². The molecule has 18 heavy (non-hydrogen) atoms. The second-order valence-corrected chi connectivity index (χ2v) is 3.93. The van der Waals surface area contributed by atoms with E-state index in [0.717, 1.165) is 12.3 Å². The summed E-state index contributed by atoms with van der Waals surface area (Å²) in [5.74, 6) is 0. The van der Waals surface area contributed by atoms with E-state index < -0.39 is 11.7 Å². The monoisotopic (exact) mass is 248 g/mol. The van der Waals surface area contributed by atoms with Gasteiger partial charge in [-0.25, -0.2) is 0 Å². The average Bonchev–Trinajstić information content (AvgIpc) is 2.37. The molecule has 90 valence electrons. The van der Waals surface area contributed by atoms with Gasteiger partial charge in [0.25, 0.3) is 0 Å². The number of rotatable bonds is 0. The van der Waals surface area contributed by atoms with Crippen LogP contribution in [0.15, 0.2) is 42.7 Å². The summed E-state index contributed by atoms with van der Waals surface area (Å²) in [6.07, 6.45) is -2.07. The van der Waals surface area contributed by atoms with Crippen molar-refractivity contribution in [1.82, 2.24) is 9.97 Å². The largest absolute Gasteiger partial charge is 0.417 e. The quantitative estimate of drug-likeness (QED) is 0.565. The SMILES string of the molecule is FC(F)(F)c1cnc2cnc3ccccc3c2c1. The highest BCUT2D eigenvalue weighted by Crippen LogP contribution is 2.32. The molecule has 0 fully saturated rings. The van der Waals surface area contributed by atoms with Crippen molar-refractivity contribution < 1.29 is 13.2 Å². The fraction of sp³-hybridized carbons (Fsp3) is 0.0769. The minimum Gasteiger partial charge on any atom is -0.254 e. The van der Waals surface area contributed by atoms with Gasteiger partial charge in [0.15, 0.2) is 0 Å². The third-order valence-corrected chi connectivity index (χ3v) is 2.77. The molecule has 3 aromatic rings. The number of fused-ring (bicyclic) bond motifs is 3. The van der Waals surface area contributed by atoms with Crippen LogP contribution in [0.5, 0.6) is 0 Å². The maximum absolute atomic E-state index is 12.7. The Kier molecular flexibility index (Phi) is 2.23. The first-order chi connectivity index (χ1) is 8.55. The van der Waals surface area contributed by atoms with E-state index in [0.29, 0.717) is 21.8 Å². The number of pyridine rings is 2. The lowest BCUT2D eigenvalue weighted by molar-refractivity contribution is -0.137. The van der Waals surface area contributed by atoms with Crippen LogP contribution >= 0.6 is 0 Å². The van der Waals surface area contributed by atoms with E-state index in [9.17, 15) is 13.2 Å². The number of halogens is 3. The van der Waals surface area contributed by atoms with E-state index in [1.54, 1.807) is 24.3 Å². The number of alkyl halides is 3. The molecule has 0 bridgehead atoms. The molecule has 0 N–H and O–H groups in total. The maximum Gasteiger partial charge on any atom is 0.417 e. The van der Waals surface area contributed by atoms with Crippen molar-refractivity contribution >= 4 is 21.8 Å². The Labute approximate surface area is 100 Å². The first-order valence-electron chi connectivity index (χ1n) is 5.26. The molecule has 1 aromatic carbocycles. The zero-order valence-electron chi connectivity index (χ0n) is 9.07. The second kappa shape index (κ2) is 3.66. The van der Waals surface area contributed by atoms with Gasteiger partial charge in [-0.15, -0.1) is 0 Å². The van der Waals surface area contributed by atoms with E-state index in [1.165, 1.54) is 6.20 Å². The van der Waals surface area contributed by atoms with Crippen LogP contribution in [0.2, 0.25) is 0 Å². The number of nitrogens with zero attached hydrogens (tertiary/aromatic N) is 2. The fourth-order valence-corrected chi connectivity index (χ4v) is 1.89. The van der Waals surface area contributed by atoms with Crippen molar-refractivity contribution in [3.05, 3.63) is 48.3 Å². The number of aromatic nitrogens is 2. The number of hydrogen-bond acceptors (Lipinski definition) is 2. The second-order valence-electron chi connectivity index (χ2n) is 3.93.